The Morgan fingerprint density at radius 3 is 2.53 bits per heavy atom. The Balaban J connectivity index is 2.27. The average Bonchev–Trinajstić information content (AvgIpc) is 2.30. The van der Waals surface area contributed by atoms with E-state index in [1.165, 1.54) is 6.20 Å². The molecule has 0 saturated carbocycles. The van der Waals surface area contributed by atoms with Gasteiger partial charge in [0.2, 0.25) is 0 Å². The molecular weight excluding hydrogens is 259 g/mol. The number of alkyl halides is 3. The van der Waals surface area contributed by atoms with Crippen molar-refractivity contribution in [2.75, 3.05) is 5.73 Å². The molecule has 0 unspecified atom stereocenters. The average molecular weight is 269 g/mol. The Morgan fingerprint density at radius 1 is 1.21 bits per heavy atom. The topological polar surface area (TPSA) is 61.0 Å². The van der Waals surface area contributed by atoms with E-state index >= 15 is 0 Å². The van der Waals surface area contributed by atoms with Gasteiger partial charge in [-0.3, -0.25) is 0 Å². The second-order valence-electron chi connectivity index (χ2n) is 3.83. The monoisotopic (exact) mass is 269 g/mol. The van der Waals surface area contributed by atoms with E-state index in [1.807, 2.05) is 0 Å². The lowest BCUT2D eigenvalue weighted by Gasteiger charge is -2.10. The molecule has 0 radical (unpaired) electrons. The minimum absolute atomic E-state index is 0.0338. The Hall–Kier alpha value is -2.31. The van der Waals surface area contributed by atoms with Gasteiger partial charge in [-0.2, -0.15) is 13.2 Å². The summed E-state index contributed by atoms with van der Waals surface area (Å²) < 4.78 is 42.6. The first kappa shape index (κ1) is 13.1. The maximum atomic E-state index is 12.5. The Bertz CT molecular complexity index is 599. The molecule has 0 bridgehead atoms. The molecule has 7 heteroatoms. The lowest BCUT2D eigenvalue weighted by Crippen LogP contribution is -2.06. The predicted molar refractivity (Wildman–Crippen MR) is 62.7 cm³/mol. The quantitative estimate of drug-likeness (QED) is 0.850. The van der Waals surface area contributed by atoms with E-state index in [4.69, 9.17) is 10.5 Å². The van der Waals surface area contributed by atoms with Gasteiger partial charge >= 0.3 is 12.2 Å². The maximum Gasteiger partial charge on any atom is 0.416 e. The minimum atomic E-state index is -4.44. The highest BCUT2D eigenvalue weighted by atomic mass is 19.4. The summed E-state index contributed by atoms with van der Waals surface area (Å²) in [5.74, 6) is 0.0820. The predicted octanol–water partition coefficient (Wildman–Crippen LogP) is 3.18. The SMILES string of the molecule is Cc1ccnc(Oc2ccc(C(F)(F)F)cc2N)n1. The molecule has 100 valence electrons. The van der Waals surface area contributed by atoms with Gasteiger partial charge in [0.1, 0.15) is 0 Å². The number of hydrogen-bond acceptors (Lipinski definition) is 4. The number of aryl methyl sites for hydroxylation is 1. The Kier molecular flexibility index (Phi) is 3.28. The largest absolute Gasteiger partial charge is 0.422 e. The zero-order chi connectivity index (χ0) is 14.0. The molecule has 19 heavy (non-hydrogen) atoms. The van der Waals surface area contributed by atoms with Gasteiger partial charge < -0.3 is 10.5 Å². The van der Waals surface area contributed by atoms with E-state index < -0.39 is 11.7 Å². The van der Waals surface area contributed by atoms with Crippen molar-refractivity contribution in [3.8, 4) is 11.8 Å². The summed E-state index contributed by atoms with van der Waals surface area (Å²) in [6.45, 7) is 1.74. The van der Waals surface area contributed by atoms with Crippen molar-refractivity contribution >= 4 is 5.69 Å². The highest BCUT2D eigenvalue weighted by Crippen LogP contribution is 2.34. The smallest absolute Gasteiger partial charge is 0.416 e. The highest BCUT2D eigenvalue weighted by Gasteiger charge is 2.31. The number of nitrogen functional groups attached to an aromatic ring is 1. The summed E-state index contributed by atoms with van der Waals surface area (Å²) in [6.07, 6.45) is -2.95. The zero-order valence-electron chi connectivity index (χ0n) is 9.90. The summed E-state index contributed by atoms with van der Waals surface area (Å²) in [4.78, 5) is 7.81. The van der Waals surface area contributed by atoms with Gasteiger partial charge in [-0.1, -0.05) is 0 Å². The summed E-state index contributed by atoms with van der Waals surface area (Å²) in [7, 11) is 0. The number of nitrogens with zero attached hydrogens (tertiary/aromatic N) is 2. The van der Waals surface area contributed by atoms with Crippen LogP contribution >= 0.6 is 0 Å². The molecule has 0 spiro atoms. The zero-order valence-corrected chi connectivity index (χ0v) is 9.90. The van der Waals surface area contributed by atoms with E-state index in [1.54, 1.807) is 13.0 Å². The van der Waals surface area contributed by atoms with Gasteiger partial charge in [0, 0.05) is 11.9 Å². The molecule has 1 aromatic heterocycles. The maximum absolute atomic E-state index is 12.5. The fraction of sp³-hybridized carbons (Fsp3) is 0.167. The molecule has 1 aromatic carbocycles. The van der Waals surface area contributed by atoms with Crippen LogP contribution in [0.3, 0.4) is 0 Å². The van der Waals surface area contributed by atoms with Crippen LogP contribution in [-0.2, 0) is 6.18 Å². The first-order valence-corrected chi connectivity index (χ1v) is 5.30. The number of anilines is 1. The number of halogens is 3. The summed E-state index contributed by atoms with van der Waals surface area (Å²) in [5.41, 5.74) is 5.24. The van der Waals surface area contributed by atoms with Crippen LogP contribution in [0, 0.1) is 6.92 Å². The van der Waals surface area contributed by atoms with Crippen LogP contribution < -0.4 is 10.5 Å². The number of rotatable bonds is 2. The Labute approximate surface area is 107 Å². The lowest BCUT2D eigenvalue weighted by atomic mass is 10.2. The molecule has 0 aliphatic rings. The third kappa shape index (κ3) is 3.12. The van der Waals surface area contributed by atoms with Crippen molar-refractivity contribution < 1.29 is 17.9 Å². The van der Waals surface area contributed by atoms with Crippen molar-refractivity contribution in [2.45, 2.75) is 13.1 Å². The van der Waals surface area contributed by atoms with Crippen molar-refractivity contribution in [1.29, 1.82) is 0 Å². The second-order valence-corrected chi connectivity index (χ2v) is 3.83. The van der Waals surface area contributed by atoms with Crippen molar-refractivity contribution in [2.24, 2.45) is 0 Å². The van der Waals surface area contributed by atoms with E-state index in [9.17, 15) is 13.2 Å². The Morgan fingerprint density at radius 2 is 1.95 bits per heavy atom. The number of benzene rings is 1. The van der Waals surface area contributed by atoms with Crippen LogP contribution in [0.1, 0.15) is 11.3 Å². The molecule has 0 amide bonds. The third-order valence-corrected chi connectivity index (χ3v) is 2.31. The first-order valence-electron chi connectivity index (χ1n) is 5.30. The number of ether oxygens (including phenoxy) is 1. The second kappa shape index (κ2) is 4.75. The normalized spacial score (nSPS) is 11.4. The van der Waals surface area contributed by atoms with Gasteiger partial charge in [-0.25, -0.2) is 9.97 Å². The van der Waals surface area contributed by atoms with E-state index in [0.29, 0.717) is 5.69 Å². The van der Waals surface area contributed by atoms with Gasteiger partial charge in [-0.05, 0) is 31.2 Å². The van der Waals surface area contributed by atoms with Crippen LogP contribution in [0.2, 0.25) is 0 Å². The van der Waals surface area contributed by atoms with E-state index in [2.05, 4.69) is 9.97 Å². The number of aromatic nitrogens is 2. The molecule has 1 heterocycles. The van der Waals surface area contributed by atoms with Gasteiger partial charge in [0.05, 0.1) is 11.3 Å². The van der Waals surface area contributed by atoms with E-state index in [-0.39, 0.29) is 17.4 Å². The fourth-order valence-corrected chi connectivity index (χ4v) is 1.39. The summed E-state index contributed by atoms with van der Waals surface area (Å²) in [6, 6.07) is 4.55. The lowest BCUT2D eigenvalue weighted by molar-refractivity contribution is -0.137. The molecule has 2 rings (SSSR count). The standard InChI is InChI=1S/C12H10F3N3O/c1-7-4-5-17-11(18-7)19-10-3-2-8(6-9(10)16)12(13,14)15/h2-6H,16H2,1H3. The van der Waals surface area contributed by atoms with Gasteiger partial charge in [0.15, 0.2) is 5.75 Å². The number of hydrogen-bond donors (Lipinski definition) is 1. The summed E-state index contributed by atoms with van der Waals surface area (Å²) >= 11 is 0. The minimum Gasteiger partial charge on any atom is -0.422 e. The van der Waals surface area contributed by atoms with E-state index in [0.717, 1.165) is 18.2 Å². The van der Waals surface area contributed by atoms with Crippen molar-refractivity contribution in [3.05, 3.63) is 41.7 Å². The molecule has 2 aromatic rings. The van der Waals surface area contributed by atoms with Crippen LogP contribution in [0.5, 0.6) is 11.8 Å². The molecule has 0 atom stereocenters. The summed E-state index contributed by atoms with van der Waals surface area (Å²) in [5, 5.41) is 0. The molecule has 0 aliphatic carbocycles. The van der Waals surface area contributed by atoms with Gasteiger partial charge in [0.25, 0.3) is 0 Å². The third-order valence-electron chi connectivity index (χ3n) is 2.31. The van der Waals surface area contributed by atoms with Crippen LogP contribution in [-0.4, -0.2) is 9.97 Å². The molecule has 2 N–H and O–H groups in total. The van der Waals surface area contributed by atoms with Gasteiger partial charge in [-0.15, -0.1) is 0 Å². The number of nitrogens with two attached hydrogens (primary N) is 1. The first-order chi connectivity index (χ1) is 8.86. The van der Waals surface area contributed by atoms with Crippen LogP contribution in [0.25, 0.3) is 0 Å². The van der Waals surface area contributed by atoms with Crippen molar-refractivity contribution in [3.63, 3.8) is 0 Å². The fourth-order valence-electron chi connectivity index (χ4n) is 1.39. The molecule has 4 nitrogen and oxygen atoms in total. The molecule has 0 fully saturated rings. The van der Waals surface area contributed by atoms with Crippen LogP contribution in [0.15, 0.2) is 30.5 Å². The molecule has 0 saturated heterocycles. The highest BCUT2D eigenvalue weighted by molar-refractivity contribution is 5.55. The molecular formula is C12H10F3N3O. The van der Waals surface area contributed by atoms with Crippen molar-refractivity contribution in [1.82, 2.24) is 9.97 Å². The van der Waals surface area contributed by atoms with Crippen LogP contribution in [0.4, 0.5) is 18.9 Å². The molecule has 0 aliphatic heterocycles.